The number of aromatic amines is 1. The van der Waals surface area contributed by atoms with Gasteiger partial charge in [0.2, 0.25) is 5.95 Å². The Bertz CT molecular complexity index is 1010. The minimum absolute atomic E-state index is 0.139. The van der Waals surface area contributed by atoms with Crippen LogP contribution in [0.15, 0.2) is 40.0 Å². The van der Waals surface area contributed by atoms with Crippen LogP contribution in [0.2, 0.25) is 0 Å². The molecule has 1 aromatic carbocycles. The van der Waals surface area contributed by atoms with Gasteiger partial charge in [0.05, 0.1) is 6.04 Å². The molecule has 1 amide bonds. The van der Waals surface area contributed by atoms with E-state index in [0.717, 1.165) is 18.2 Å². The van der Waals surface area contributed by atoms with Crippen LogP contribution in [-0.2, 0) is 0 Å². The van der Waals surface area contributed by atoms with Gasteiger partial charge in [-0.15, -0.1) is 0 Å². The molecular weight excluding hydrogens is 431 g/mol. The van der Waals surface area contributed by atoms with Crippen LogP contribution < -0.4 is 15.8 Å². The molecule has 30 heavy (non-hydrogen) atoms. The fourth-order valence-electron chi connectivity index (χ4n) is 2.70. The van der Waals surface area contributed by atoms with Crippen molar-refractivity contribution in [1.29, 1.82) is 0 Å². The summed E-state index contributed by atoms with van der Waals surface area (Å²) in [5.41, 5.74) is -1.26. The van der Waals surface area contributed by atoms with Crippen molar-refractivity contribution >= 4 is 22.1 Å². The monoisotopic (exact) mass is 454 g/mol. The first-order chi connectivity index (χ1) is 13.3. The number of hydrogen-bond donors (Lipinski definition) is 2. The Hall–Kier alpha value is -2.63. The first-order valence-electron chi connectivity index (χ1n) is 8.71. The highest BCUT2D eigenvalue weighted by atomic mass is 32.5. The molecule has 168 valence electrons. The molecule has 2 rings (SSSR count). The third-order valence-corrected chi connectivity index (χ3v) is 5.35. The molecule has 0 fully saturated rings. The zero-order valence-corrected chi connectivity index (χ0v) is 17.8. The third kappa shape index (κ3) is 5.71. The molecule has 6 nitrogen and oxygen atoms in total. The van der Waals surface area contributed by atoms with Gasteiger partial charge in [0, 0.05) is 20.2 Å². The first-order valence-corrected chi connectivity index (χ1v) is 10.7. The fraction of sp³-hybridized carbons (Fsp3) is 0.389. The van der Waals surface area contributed by atoms with Gasteiger partial charge in [0.15, 0.2) is 0 Å². The number of carbonyl (C=O) groups is 1. The van der Waals surface area contributed by atoms with Crippen molar-refractivity contribution in [2.75, 3.05) is 19.0 Å². The van der Waals surface area contributed by atoms with Gasteiger partial charge in [-0.2, -0.15) is 0 Å². The van der Waals surface area contributed by atoms with Crippen LogP contribution in [0.4, 0.5) is 25.4 Å². The molecule has 0 saturated carbocycles. The predicted molar refractivity (Wildman–Crippen MR) is 107 cm³/mol. The topological polar surface area (TPSA) is 78.1 Å². The molecule has 0 radical (unpaired) electrons. The third-order valence-electron chi connectivity index (χ3n) is 4.19. The molecule has 0 aliphatic rings. The molecule has 0 unspecified atom stereocenters. The van der Waals surface area contributed by atoms with Crippen molar-refractivity contribution < 1.29 is 24.2 Å². The standard InChI is InChI=1S/C18H23F5N4O2S/c1-18(2,3)15(11-6-8-12(9-7-11)30(19,20,21,22)23)26-16(29)13-10-14(28)25-17(24-13)27(4)5/h6-10,15H,1-5H3,(H,26,29)(H,24,25,28)/t15-/m0/s1. The van der Waals surface area contributed by atoms with Crippen molar-refractivity contribution in [2.45, 2.75) is 31.7 Å². The molecule has 0 saturated heterocycles. The molecule has 0 aliphatic carbocycles. The fourth-order valence-corrected chi connectivity index (χ4v) is 3.35. The lowest BCUT2D eigenvalue weighted by atomic mass is 9.82. The number of hydrogen-bond acceptors (Lipinski definition) is 4. The Morgan fingerprint density at radius 3 is 2.07 bits per heavy atom. The summed E-state index contributed by atoms with van der Waals surface area (Å²) < 4.78 is 64.9. The summed E-state index contributed by atoms with van der Waals surface area (Å²) in [6, 6.07) is 2.55. The Kier molecular flexibility index (Phi) is 5.27. The number of H-pyrrole nitrogens is 1. The molecule has 2 aromatic rings. The van der Waals surface area contributed by atoms with Gasteiger partial charge in [0.1, 0.15) is 10.6 Å². The van der Waals surface area contributed by atoms with Crippen LogP contribution in [0, 0.1) is 5.41 Å². The number of benzene rings is 1. The van der Waals surface area contributed by atoms with Gasteiger partial charge in [0.25, 0.3) is 11.5 Å². The number of anilines is 1. The second-order valence-electron chi connectivity index (χ2n) is 8.16. The minimum atomic E-state index is -9.80. The molecule has 1 aromatic heterocycles. The van der Waals surface area contributed by atoms with E-state index >= 15 is 0 Å². The Balaban J connectivity index is 2.41. The SMILES string of the molecule is CN(C)c1nc(C(=O)N[C@@H](c2ccc(S(F)(F)(F)(F)F)cc2)C(C)(C)C)cc(=O)[nH]1. The summed E-state index contributed by atoms with van der Waals surface area (Å²) in [5.74, 6) is -0.596. The van der Waals surface area contributed by atoms with Crippen LogP contribution in [0.3, 0.4) is 0 Å². The molecule has 1 atom stereocenters. The second kappa shape index (κ2) is 6.69. The van der Waals surface area contributed by atoms with Crippen molar-refractivity contribution in [1.82, 2.24) is 15.3 Å². The van der Waals surface area contributed by atoms with Crippen LogP contribution in [0.5, 0.6) is 0 Å². The Morgan fingerprint density at radius 2 is 1.63 bits per heavy atom. The normalized spacial score (nSPS) is 15.7. The van der Waals surface area contributed by atoms with Gasteiger partial charge in [-0.1, -0.05) is 52.3 Å². The first kappa shape index (κ1) is 23.6. The van der Waals surface area contributed by atoms with Crippen molar-refractivity contribution in [2.24, 2.45) is 5.41 Å². The largest absolute Gasteiger partial charge is 0.348 e. The average molecular weight is 454 g/mol. The number of aromatic nitrogens is 2. The molecule has 12 heteroatoms. The van der Waals surface area contributed by atoms with Gasteiger partial charge < -0.3 is 10.2 Å². The zero-order valence-electron chi connectivity index (χ0n) is 17.0. The zero-order chi connectivity index (χ0) is 23.2. The maximum absolute atomic E-state index is 13.0. The van der Waals surface area contributed by atoms with Gasteiger partial charge >= 0.3 is 10.2 Å². The number of halogens is 5. The van der Waals surface area contributed by atoms with Crippen LogP contribution >= 0.6 is 10.2 Å². The smallest absolute Gasteiger partial charge is 0.310 e. The highest BCUT2D eigenvalue weighted by Crippen LogP contribution is 3.02. The van der Waals surface area contributed by atoms with E-state index in [1.807, 2.05) is 0 Å². The lowest BCUT2D eigenvalue weighted by molar-refractivity contribution is 0.0896. The molecular formula is C18H23F5N4O2S. The van der Waals surface area contributed by atoms with Gasteiger partial charge in [-0.25, -0.2) is 4.98 Å². The highest BCUT2D eigenvalue weighted by molar-refractivity contribution is 8.45. The minimum Gasteiger partial charge on any atom is -0.348 e. The van der Waals surface area contributed by atoms with E-state index in [1.165, 1.54) is 4.90 Å². The maximum atomic E-state index is 13.0. The average Bonchev–Trinajstić information content (AvgIpc) is 2.56. The van der Waals surface area contributed by atoms with E-state index in [-0.39, 0.29) is 17.2 Å². The van der Waals surface area contributed by atoms with E-state index < -0.39 is 38.0 Å². The lowest BCUT2D eigenvalue weighted by Gasteiger charge is -2.40. The van der Waals surface area contributed by atoms with Crippen molar-refractivity contribution in [3.05, 3.63) is 51.9 Å². The van der Waals surface area contributed by atoms with Crippen LogP contribution in [0.25, 0.3) is 0 Å². The van der Waals surface area contributed by atoms with Crippen LogP contribution in [0.1, 0.15) is 42.9 Å². The molecule has 0 aliphatic heterocycles. The lowest BCUT2D eigenvalue weighted by Crippen LogP contribution is -2.37. The Labute approximate surface area is 170 Å². The van der Waals surface area contributed by atoms with E-state index in [2.05, 4.69) is 15.3 Å². The van der Waals surface area contributed by atoms with E-state index in [0.29, 0.717) is 12.1 Å². The number of nitrogens with one attached hydrogen (secondary N) is 2. The molecule has 2 N–H and O–H groups in total. The van der Waals surface area contributed by atoms with Gasteiger partial charge in [-0.05, 0) is 23.1 Å². The number of nitrogens with zero attached hydrogens (tertiary/aromatic N) is 2. The second-order valence-corrected chi connectivity index (χ2v) is 10.6. The number of amides is 1. The molecule has 0 bridgehead atoms. The summed E-state index contributed by atoms with van der Waals surface area (Å²) in [5, 5.41) is 2.63. The van der Waals surface area contributed by atoms with E-state index in [1.54, 1.807) is 34.9 Å². The summed E-state index contributed by atoms with van der Waals surface area (Å²) in [7, 11) is -6.58. The summed E-state index contributed by atoms with van der Waals surface area (Å²) >= 11 is 0. The maximum Gasteiger partial charge on any atom is 0.310 e. The van der Waals surface area contributed by atoms with Crippen molar-refractivity contribution in [3.8, 4) is 0 Å². The summed E-state index contributed by atoms with van der Waals surface area (Å²) in [6.07, 6.45) is 0. The van der Waals surface area contributed by atoms with Gasteiger partial charge in [-0.3, -0.25) is 14.6 Å². The highest BCUT2D eigenvalue weighted by Gasteiger charge is 2.65. The summed E-state index contributed by atoms with van der Waals surface area (Å²) in [4.78, 5) is 30.4. The number of carbonyl (C=O) groups excluding carboxylic acids is 1. The van der Waals surface area contributed by atoms with E-state index in [4.69, 9.17) is 0 Å². The molecule has 0 spiro atoms. The quantitative estimate of drug-likeness (QED) is 0.623. The number of rotatable bonds is 5. The van der Waals surface area contributed by atoms with Crippen LogP contribution in [-0.4, -0.2) is 30.0 Å². The predicted octanol–water partition coefficient (Wildman–Crippen LogP) is 5.01. The molecule has 1 heterocycles. The Morgan fingerprint density at radius 1 is 1.10 bits per heavy atom. The van der Waals surface area contributed by atoms with Crippen molar-refractivity contribution in [3.63, 3.8) is 0 Å². The van der Waals surface area contributed by atoms with E-state index in [9.17, 15) is 29.0 Å². The summed E-state index contributed by atoms with van der Waals surface area (Å²) in [6.45, 7) is 5.15.